The SMILES string of the molecule is COC(=O)/C(C)=N/I. The van der Waals surface area contributed by atoms with Gasteiger partial charge in [-0.1, -0.05) is 0 Å². The lowest BCUT2D eigenvalue weighted by Gasteiger charge is -1.91. The van der Waals surface area contributed by atoms with E-state index in [-0.39, 0.29) is 5.97 Å². The van der Waals surface area contributed by atoms with Crippen LogP contribution >= 0.6 is 22.9 Å². The Kier molecular flexibility index (Phi) is 3.76. The number of rotatable bonds is 1. The van der Waals surface area contributed by atoms with Gasteiger partial charge in [0.1, 0.15) is 5.71 Å². The van der Waals surface area contributed by atoms with Gasteiger partial charge >= 0.3 is 5.97 Å². The third-order valence-electron chi connectivity index (χ3n) is 0.608. The van der Waals surface area contributed by atoms with Gasteiger partial charge in [0.15, 0.2) is 0 Å². The zero-order chi connectivity index (χ0) is 6.57. The lowest BCUT2D eigenvalue weighted by atomic mass is 10.4. The molecule has 0 bridgehead atoms. The molecular weight excluding hydrogens is 221 g/mol. The summed E-state index contributed by atoms with van der Waals surface area (Å²) in [4.78, 5) is 10.4. The van der Waals surface area contributed by atoms with Gasteiger partial charge in [-0.05, 0) is 6.92 Å². The van der Waals surface area contributed by atoms with Crippen LogP contribution in [0.15, 0.2) is 3.21 Å². The quantitative estimate of drug-likeness (QED) is 0.380. The lowest BCUT2D eigenvalue weighted by molar-refractivity contribution is -0.132. The van der Waals surface area contributed by atoms with E-state index in [1.807, 2.05) is 0 Å². The molecule has 4 heteroatoms. The molecule has 0 rings (SSSR count). The largest absolute Gasteiger partial charge is 0.465 e. The van der Waals surface area contributed by atoms with Gasteiger partial charge in [0, 0.05) is 0 Å². The van der Waals surface area contributed by atoms with Crippen molar-refractivity contribution >= 4 is 34.5 Å². The van der Waals surface area contributed by atoms with Crippen molar-refractivity contribution in [3.05, 3.63) is 0 Å². The smallest absolute Gasteiger partial charge is 0.352 e. The molecule has 8 heavy (non-hydrogen) atoms. The highest BCUT2D eigenvalue weighted by molar-refractivity contribution is 14.1. The molecule has 0 saturated carbocycles. The van der Waals surface area contributed by atoms with E-state index < -0.39 is 0 Å². The van der Waals surface area contributed by atoms with Gasteiger partial charge in [0.05, 0.1) is 30.0 Å². The van der Waals surface area contributed by atoms with E-state index in [1.54, 1.807) is 29.8 Å². The fraction of sp³-hybridized carbons (Fsp3) is 0.500. The molecule has 0 aromatic heterocycles. The minimum atomic E-state index is -0.376. The number of ether oxygens (including phenoxy) is 1. The summed E-state index contributed by atoms with van der Waals surface area (Å²) in [6, 6.07) is 0. The van der Waals surface area contributed by atoms with Crippen molar-refractivity contribution in [2.75, 3.05) is 7.11 Å². The highest BCUT2D eigenvalue weighted by Crippen LogP contribution is 1.87. The third-order valence-corrected chi connectivity index (χ3v) is 1.33. The molecule has 0 aliphatic carbocycles. The standard InChI is InChI=1S/C4H6INO2/c1-3(6-5)4(7)8-2/h1-2H3/b6-3+. The molecule has 3 nitrogen and oxygen atoms in total. The van der Waals surface area contributed by atoms with Crippen LogP contribution in [0.4, 0.5) is 0 Å². The number of hydrogen-bond acceptors (Lipinski definition) is 3. The Bertz CT molecular complexity index is 121. The van der Waals surface area contributed by atoms with Crippen molar-refractivity contribution in [1.82, 2.24) is 0 Å². The highest BCUT2D eigenvalue weighted by atomic mass is 127. The van der Waals surface area contributed by atoms with Gasteiger partial charge in [-0.3, -0.25) is 0 Å². The van der Waals surface area contributed by atoms with Gasteiger partial charge in [0.25, 0.3) is 0 Å². The summed E-state index contributed by atoms with van der Waals surface area (Å²) in [7, 11) is 1.33. The maximum absolute atomic E-state index is 10.4. The summed E-state index contributed by atoms with van der Waals surface area (Å²) >= 11 is 1.74. The Labute approximate surface area is 61.6 Å². The number of carbonyl (C=O) groups excluding carboxylic acids is 1. The Morgan fingerprint density at radius 2 is 2.25 bits per heavy atom. The van der Waals surface area contributed by atoms with Gasteiger partial charge in [-0.25, -0.2) is 8.00 Å². The van der Waals surface area contributed by atoms with Crippen LogP contribution in [0.1, 0.15) is 6.92 Å². The zero-order valence-corrected chi connectivity index (χ0v) is 6.80. The summed E-state index contributed by atoms with van der Waals surface area (Å²) in [5.41, 5.74) is 0.383. The molecule has 0 unspecified atom stereocenters. The van der Waals surface area contributed by atoms with Crippen LogP contribution in [0.3, 0.4) is 0 Å². The van der Waals surface area contributed by atoms with E-state index in [9.17, 15) is 4.79 Å². The van der Waals surface area contributed by atoms with Gasteiger partial charge in [0.2, 0.25) is 0 Å². The average Bonchev–Trinajstić information content (AvgIpc) is 1.84. The van der Waals surface area contributed by atoms with Crippen LogP contribution in [0.5, 0.6) is 0 Å². The first-order chi connectivity index (χ1) is 3.72. The van der Waals surface area contributed by atoms with Crippen molar-refractivity contribution in [2.24, 2.45) is 3.21 Å². The topological polar surface area (TPSA) is 38.7 Å². The molecule has 0 aliphatic heterocycles. The lowest BCUT2D eigenvalue weighted by Crippen LogP contribution is -2.10. The van der Waals surface area contributed by atoms with Gasteiger partial charge in [-0.2, -0.15) is 0 Å². The summed E-state index contributed by atoms with van der Waals surface area (Å²) in [5.74, 6) is -0.376. The molecule has 0 heterocycles. The van der Waals surface area contributed by atoms with Crippen LogP contribution in [0.25, 0.3) is 0 Å². The maximum Gasteiger partial charge on any atom is 0.352 e. The molecule has 0 atom stereocenters. The number of hydrogen-bond donors (Lipinski definition) is 0. The van der Waals surface area contributed by atoms with Crippen LogP contribution in [0.2, 0.25) is 0 Å². The van der Waals surface area contributed by atoms with E-state index >= 15 is 0 Å². The summed E-state index contributed by atoms with van der Waals surface area (Å²) in [6.07, 6.45) is 0. The van der Waals surface area contributed by atoms with Crippen molar-refractivity contribution in [3.8, 4) is 0 Å². The van der Waals surface area contributed by atoms with Crippen LogP contribution in [0, 0.1) is 0 Å². The molecule has 0 amide bonds. The maximum atomic E-state index is 10.4. The molecule has 0 spiro atoms. The first-order valence-electron chi connectivity index (χ1n) is 1.96. The van der Waals surface area contributed by atoms with E-state index in [2.05, 4.69) is 7.94 Å². The molecule has 0 aromatic carbocycles. The second-order valence-electron chi connectivity index (χ2n) is 1.16. The Balaban J connectivity index is 3.83. The number of esters is 1. The molecule has 46 valence electrons. The minimum absolute atomic E-state index is 0.376. The predicted octanol–water partition coefficient (Wildman–Crippen LogP) is 0.970. The van der Waals surface area contributed by atoms with Crippen molar-refractivity contribution in [2.45, 2.75) is 6.92 Å². The Morgan fingerprint density at radius 3 is 2.38 bits per heavy atom. The van der Waals surface area contributed by atoms with Crippen molar-refractivity contribution in [3.63, 3.8) is 0 Å². The van der Waals surface area contributed by atoms with Crippen LogP contribution in [-0.4, -0.2) is 18.8 Å². The number of methoxy groups -OCH3 is 1. The minimum Gasteiger partial charge on any atom is -0.465 e. The molecule has 0 N–H and O–H groups in total. The fourth-order valence-corrected chi connectivity index (χ4v) is 0.379. The van der Waals surface area contributed by atoms with Gasteiger partial charge < -0.3 is 4.74 Å². The zero-order valence-electron chi connectivity index (χ0n) is 4.64. The van der Waals surface area contributed by atoms with Crippen LogP contribution < -0.4 is 0 Å². The van der Waals surface area contributed by atoms with Crippen molar-refractivity contribution < 1.29 is 9.53 Å². The highest BCUT2D eigenvalue weighted by Gasteiger charge is 2.01. The normalized spacial score (nSPS) is 11.1. The molecule has 0 aromatic rings. The van der Waals surface area contributed by atoms with E-state index in [1.165, 1.54) is 7.11 Å². The summed E-state index contributed by atoms with van der Waals surface area (Å²) < 4.78 is 7.90. The second-order valence-corrected chi connectivity index (χ2v) is 1.64. The predicted molar refractivity (Wildman–Crippen MR) is 39.1 cm³/mol. The van der Waals surface area contributed by atoms with E-state index in [4.69, 9.17) is 0 Å². The van der Waals surface area contributed by atoms with E-state index in [0.29, 0.717) is 5.71 Å². The number of nitrogens with zero attached hydrogens (tertiary/aromatic N) is 1. The van der Waals surface area contributed by atoms with Gasteiger partial charge in [-0.15, -0.1) is 0 Å². The Hall–Kier alpha value is -0.130. The molecule has 0 saturated heterocycles. The first kappa shape index (κ1) is 7.87. The summed E-state index contributed by atoms with van der Waals surface area (Å²) in [5, 5.41) is 0. The number of carbonyl (C=O) groups is 1. The second kappa shape index (κ2) is 3.82. The first-order valence-corrected chi connectivity index (χ1v) is 2.92. The fourth-order valence-electron chi connectivity index (χ4n) is 0.182. The number of halogens is 1. The molecule has 0 radical (unpaired) electrons. The third kappa shape index (κ3) is 2.25. The molecular formula is C4H6INO2. The monoisotopic (exact) mass is 227 g/mol. The summed E-state index contributed by atoms with van der Waals surface area (Å²) in [6.45, 7) is 1.60. The Morgan fingerprint density at radius 1 is 1.75 bits per heavy atom. The average molecular weight is 227 g/mol. The van der Waals surface area contributed by atoms with Crippen molar-refractivity contribution in [1.29, 1.82) is 0 Å². The van der Waals surface area contributed by atoms with E-state index in [0.717, 1.165) is 0 Å². The molecule has 0 fully saturated rings. The molecule has 0 aliphatic rings. The van der Waals surface area contributed by atoms with Crippen LogP contribution in [-0.2, 0) is 9.53 Å².